The third-order valence-electron chi connectivity index (χ3n) is 12.8. The van der Waals surface area contributed by atoms with Crippen molar-refractivity contribution in [1.82, 2.24) is 4.57 Å². The summed E-state index contributed by atoms with van der Waals surface area (Å²) < 4.78 is 4.98. The summed E-state index contributed by atoms with van der Waals surface area (Å²) in [5.74, 6) is 0. The average molecular weight is 785 g/mol. The summed E-state index contributed by atoms with van der Waals surface area (Å²) in [6.07, 6.45) is 0. The molecule has 0 radical (unpaired) electrons. The minimum atomic E-state index is -0.149. The van der Waals surface area contributed by atoms with E-state index in [1.54, 1.807) is 0 Å². The molecule has 11 aromatic rings. The standard InChI is InChI=1S/C57H40N2S/c1-57(2)48-22-12-9-19-43(48)44-31-29-42(36-49(44)57)58(41-30-32-51-47(35-41)45-20-10-13-23-50(45)59(51)40-17-7-4-8-18-40)52-33-34-54-56(46-21-11-14-24-53(46)60-54)55(52)39-27-25-38(26-28-39)37-15-5-3-6-16-37/h3-36H,1-2H3. The third kappa shape index (κ3) is 5.26. The Morgan fingerprint density at radius 2 is 1.05 bits per heavy atom. The largest absolute Gasteiger partial charge is 0.310 e. The fourth-order valence-electron chi connectivity index (χ4n) is 9.96. The van der Waals surface area contributed by atoms with E-state index in [4.69, 9.17) is 0 Å². The molecule has 0 N–H and O–H groups in total. The van der Waals surface area contributed by atoms with E-state index in [2.05, 4.69) is 230 Å². The maximum Gasteiger partial charge on any atom is 0.0547 e. The minimum Gasteiger partial charge on any atom is -0.310 e. The van der Waals surface area contributed by atoms with Crippen LogP contribution in [-0.4, -0.2) is 4.57 Å². The van der Waals surface area contributed by atoms with Gasteiger partial charge in [-0.05, 0) is 106 Å². The fourth-order valence-corrected chi connectivity index (χ4v) is 11.1. The van der Waals surface area contributed by atoms with Crippen LogP contribution in [0.1, 0.15) is 25.0 Å². The lowest BCUT2D eigenvalue weighted by molar-refractivity contribution is 0.660. The van der Waals surface area contributed by atoms with Gasteiger partial charge in [-0.3, -0.25) is 0 Å². The number of nitrogens with zero attached hydrogens (tertiary/aromatic N) is 2. The van der Waals surface area contributed by atoms with Gasteiger partial charge < -0.3 is 9.47 Å². The summed E-state index contributed by atoms with van der Waals surface area (Å²) in [5, 5.41) is 5.04. The highest BCUT2D eigenvalue weighted by molar-refractivity contribution is 7.26. The molecule has 1 aliphatic carbocycles. The number of para-hydroxylation sites is 2. The van der Waals surface area contributed by atoms with E-state index in [1.165, 1.54) is 86.5 Å². The molecule has 9 aromatic carbocycles. The lowest BCUT2D eigenvalue weighted by Crippen LogP contribution is -2.17. The van der Waals surface area contributed by atoms with Crippen molar-refractivity contribution in [3.63, 3.8) is 0 Å². The highest BCUT2D eigenvalue weighted by Crippen LogP contribution is 2.53. The summed E-state index contributed by atoms with van der Waals surface area (Å²) in [5.41, 5.74) is 17.0. The molecule has 0 saturated heterocycles. The van der Waals surface area contributed by atoms with Crippen molar-refractivity contribution in [3.05, 3.63) is 217 Å². The topological polar surface area (TPSA) is 8.17 Å². The molecule has 1 aliphatic rings. The van der Waals surface area contributed by atoms with Crippen LogP contribution in [0.2, 0.25) is 0 Å². The number of rotatable bonds is 6. The summed E-state index contributed by atoms with van der Waals surface area (Å²) in [6, 6.07) is 76.2. The minimum absolute atomic E-state index is 0.149. The molecule has 0 spiro atoms. The molecule has 3 heteroatoms. The number of thiophene rings is 1. The highest BCUT2D eigenvalue weighted by atomic mass is 32.1. The van der Waals surface area contributed by atoms with Gasteiger partial charge in [0.2, 0.25) is 0 Å². The van der Waals surface area contributed by atoms with Crippen molar-refractivity contribution in [2.45, 2.75) is 19.3 Å². The van der Waals surface area contributed by atoms with Crippen LogP contribution in [0.15, 0.2) is 206 Å². The molecule has 60 heavy (non-hydrogen) atoms. The zero-order chi connectivity index (χ0) is 40.0. The van der Waals surface area contributed by atoms with Crippen LogP contribution in [-0.2, 0) is 5.41 Å². The highest BCUT2D eigenvalue weighted by Gasteiger charge is 2.36. The Morgan fingerprint density at radius 1 is 0.433 bits per heavy atom. The van der Waals surface area contributed by atoms with Gasteiger partial charge in [0.05, 0.1) is 16.7 Å². The van der Waals surface area contributed by atoms with Crippen LogP contribution >= 0.6 is 11.3 Å². The van der Waals surface area contributed by atoms with Crippen molar-refractivity contribution >= 4 is 70.4 Å². The lowest BCUT2D eigenvalue weighted by Gasteiger charge is -2.30. The Balaban J connectivity index is 1.15. The van der Waals surface area contributed by atoms with E-state index < -0.39 is 0 Å². The van der Waals surface area contributed by atoms with Gasteiger partial charge in [-0.25, -0.2) is 0 Å². The van der Waals surface area contributed by atoms with Gasteiger partial charge in [-0.1, -0.05) is 153 Å². The molecule has 0 unspecified atom stereocenters. The van der Waals surface area contributed by atoms with Crippen LogP contribution in [0.25, 0.3) is 81.0 Å². The number of hydrogen-bond donors (Lipinski definition) is 0. The number of aromatic nitrogens is 1. The predicted octanol–water partition coefficient (Wildman–Crippen LogP) is 16.3. The molecule has 2 aromatic heterocycles. The van der Waals surface area contributed by atoms with Crippen LogP contribution in [0.4, 0.5) is 17.1 Å². The SMILES string of the molecule is CC1(C)c2ccccc2-c2ccc(N(c3ccc4c(c3)c3ccccc3n4-c3ccccc3)c3ccc4sc5ccccc5c4c3-c3ccc(-c4ccccc4)cc3)cc21. The number of benzene rings is 9. The zero-order valence-electron chi connectivity index (χ0n) is 33.4. The molecule has 2 heterocycles. The molecule has 0 aliphatic heterocycles. The summed E-state index contributed by atoms with van der Waals surface area (Å²) in [6.45, 7) is 4.75. The number of fused-ring (bicyclic) bond motifs is 9. The first kappa shape index (κ1) is 34.8. The molecule has 0 atom stereocenters. The van der Waals surface area contributed by atoms with Crippen molar-refractivity contribution in [2.75, 3.05) is 4.90 Å². The summed E-state index contributed by atoms with van der Waals surface area (Å²) >= 11 is 1.87. The van der Waals surface area contributed by atoms with E-state index in [-0.39, 0.29) is 5.41 Å². The van der Waals surface area contributed by atoms with Crippen LogP contribution in [0.5, 0.6) is 0 Å². The Morgan fingerprint density at radius 3 is 1.88 bits per heavy atom. The summed E-state index contributed by atoms with van der Waals surface area (Å²) in [4.78, 5) is 2.53. The summed E-state index contributed by atoms with van der Waals surface area (Å²) in [7, 11) is 0. The number of anilines is 3. The van der Waals surface area contributed by atoms with E-state index in [0.717, 1.165) is 22.7 Å². The van der Waals surface area contributed by atoms with Gasteiger partial charge >= 0.3 is 0 Å². The van der Waals surface area contributed by atoms with Gasteiger partial charge in [0.15, 0.2) is 0 Å². The molecule has 284 valence electrons. The van der Waals surface area contributed by atoms with Crippen molar-refractivity contribution in [1.29, 1.82) is 0 Å². The number of hydrogen-bond acceptors (Lipinski definition) is 2. The Hall–Kier alpha value is -7.20. The Bertz CT molecular complexity index is 3450. The first-order valence-electron chi connectivity index (χ1n) is 20.8. The van der Waals surface area contributed by atoms with Crippen molar-refractivity contribution in [3.8, 4) is 39.1 Å². The predicted molar refractivity (Wildman–Crippen MR) is 257 cm³/mol. The monoisotopic (exact) mass is 784 g/mol. The molecular weight excluding hydrogens is 745 g/mol. The Labute approximate surface area is 353 Å². The van der Waals surface area contributed by atoms with Gasteiger partial charge in [-0.2, -0.15) is 0 Å². The first-order chi connectivity index (χ1) is 29.5. The average Bonchev–Trinajstić information content (AvgIpc) is 3.92. The smallest absolute Gasteiger partial charge is 0.0547 e. The first-order valence-corrected chi connectivity index (χ1v) is 21.6. The second kappa shape index (κ2) is 13.4. The van der Waals surface area contributed by atoms with Crippen LogP contribution < -0.4 is 4.90 Å². The maximum absolute atomic E-state index is 2.53. The normalized spacial score (nSPS) is 13.0. The fraction of sp³-hybridized carbons (Fsp3) is 0.0526. The van der Waals surface area contributed by atoms with Crippen molar-refractivity contribution < 1.29 is 0 Å². The van der Waals surface area contributed by atoms with Crippen LogP contribution in [0, 0.1) is 0 Å². The molecule has 2 nitrogen and oxygen atoms in total. The van der Waals surface area contributed by atoms with E-state index in [9.17, 15) is 0 Å². The molecular formula is C57H40N2S. The second-order valence-electron chi connectivity index (χ2n) is 16.5. The van der Waals surface area contributed by atoms with Gasteiger partial charge in [-0.15, -0.1) is 11.3 Å². The van der Waals surface area contributed by atoms with E-state index in [0.29, 0.717) is 0 Å². The maximum atomic E-state index is 2.53. The molecule has 0 saturated carbocycles. The van der Waals surface area contributed by atoms with E-state index in [1.807, 2.05) is 11.3 Å². The molecule has 12 rings (SSSR count). The van der Waals surface area contributed by atoms with Gasteiger partial charge in [0.1, 0.15) is 0 Å². The molecule has 0 amide bonds. The quantitative estimate of drug-likeness (QED) is 0.163. The second-order valence-corrected chi connectivity index (χ2v) is 17.6. The van der Waals surface area contributed by atoms with Gasteiger partial charge in [0.25, 0.3) is 0 Å². The van der Waals surface area contributed by atoms with Crippen molar-refractivity contribution in [2.24, 2.45) is 0 Å². The van der Waals surface area contributed by atoms with Crippen LogP contribution in [0.3, 0.4) is 0 Å². The molecule has 0 bridgehead atoms. The lowest BCUT2D eigenvalue weighted by atomic mass is 9.82. The Kier molecular flexibility index (Phi) is 7.79. The third-order valence-corrected chi connectivity index (χ3v) is 13.9. The zero-order valence-corrected chi connectivity index (χ0v) is 34.2. The molecule has 0 fully saturated rings. The van der Waals surface area contributed by atoms with E-state index >= 15 is 0 Å². The van der Waals surface area contributed by atoms with Gasteiger partial charge in [0, 0.05) is 59.0 Å².